The number of urea groups is 1. The summed E-state index contributed by atoms with van der Waals surface area (Å²) in [5.41, 5.74) is 2.58. The van der Waals surface area contributed by atoms with Gasteiger partial charge in [0, 0.05) is 17.8 Å². The van der Waals surface area contributed by atoms with Crippen molar-refractivity contribution in [3.63, 3.8) is 0 Å². The first kappa shape index (κ1) is 25.8. The van der Waals surface area contributed by atoms with Crippen LogP contribution in [0.4, 0.5) is 16.2 Å². The third-order valence-electron chi connectivity index (χ3n) is 5.43. The summed E-state index contributed by atoms with van der Waals surface area (Å²) in [5, 5.41) is 18.4. The number of carboxylic acids is 1. The molecule has 1 aromatic heterocycles. The number of rotatable bonds is 10. The summed E-state index contributed by atoms with van der Waals surface area (Å²) >= 11 is 6.26. The highest BCUT2D eigenvalue weighted by atomic mass is 35.5. The Morgan fingerprint density at radius 2 is 1.80 bits per heavy atom. The maximum Gasteiger partial charge on any atom is 0.319 e. The second kappa shape index (κ2) is 12.1. The number of aryl methyl sites for hydroxylation is 1. The lowest BCUT2D eigenvalue weighted by Crippen LogP contribution is -2.36. The van der Waals surface area contributed by atoms with Crippen LogP contribution in [0.25, 0.3) is 0 Å². The minimum Gasteiger partial charge on any atom is -0.481 e. The van der Waals surface area contributed by atoms with E-state index in [1.807, 2.05) is 44.2 Å². The number of carbonyl (C=O) groups is 2. The Bertz CT molecular complexity index is 1240. The molecule has 1 atom stereocenters. The number of carboxylic acid groups (broad SMARTS) is 1. The van der Waals surface area contributed by atoms with E-state index in [1.165, 1.54) is 4.57 Å². The SMILES string of the molecule is CCCNc1ccn(Cc2ccccc2Cl)c(=O)c1NC(=O)N[C@@H](CC(=O)O)c1ccc(C)cc1. The van der Waals surface area contributed by atoms with Gasteiger partial charge >= 0.3 is 12.0 Å². The van der Waals surface area contributed by atoms with E-state index in [0.29, 0.717) is 22.8 Å². The van der Waals surface area contributed by atoms with Crippen LogP contribution >= 0.6 is 11.6 Å². The zero-order valence-electron chi connectivity index (χ0n) is 19.7. The highest BCUT2D eigenvalue weighted by Crippen LogP contribution is 2.21. The van der Waals surface area contributed by atoms with Gasteiger partial charge in [-0.1, -0.05) is 66.6 Å². The first-order valence-electron chi connectivity index (χ1n) is 11.3. The van der Waals surface area contributed by atoms with Crippen molar-refractivity contribution in [1.82, 2.24) is 9.88 Å². The molecule has 0 unspecified atom stereocenters. The Kier molecular flexibility index (Phi) is 8.92. The van der Waals surface area contributed by atoms with E-state index in [-0.39, 0.29) is 18.7 Å². The molecule has 0 saturated heterocycles. The quantitative estimate of drug-likeness (QED) is 0.315. The number of hydrogen-bond donors (Lipinski definition) is 4. The van der Waals surface area contributed by atoms with Crippen molar-refractivity contribution >= 4 is 35.0 Å². The summed E-state index contributed by atoms with van der Waals surface area (Å²) in [6.45, 7) is 4.75. The molecule has 8 nitrogen and oxygen atoms in total. The molecule has 2 aromatic carbocycles. The van der Waals surface area contributed by atoms with Gasteiger partial charge < -0.3 is 25.6 Å². The van der Waals surface area contributed by atoms with Gasteiger partial charge in [0.25, 0.3) is 5.56 Å². The number of hydrogen-bond acceptors (Lipinski definition) is 4. The molecule has 3 rings (SSSR count). The third kappa shape index (κ3) is 7.10. The lowest BCUT2D eigenvalue weighted by molar-refractivity contribution is -0.137. The Labute approximate surface area is 208 Å². The van der Waals surface area contributed by atoms with E-state index >= 15 is 0 Å². The summed E-state index contributed by atoms with van der Waals surface area (Å²) in [5.74, 6) is -1.05. The van der Waals surface area contributed by atoms with E-state index in [2.05, 4.69) is 16.0 Å². The Balaban J connectivity index is 1.88. The molecule has 2 amide bonds. The standard InChI is InChI=1S/C26H29ClN4O4/c1-3-13-28-21-12-14-31(16-19-6-4-5-7-20(19)27)25(34)24(21)30-26(35)29-22(15-23(32)33)18-10-8-17(2)9-11-18/h4-12,14,22,28H,3,13,15-16H2,1-2H3,(H,32,33)(H2,29,30,35)/t22-/m0/s1. The molecule has 35 heavy (non-hydrogen) atoms. The monoisotopic (exact) mass is 496 g/mol. The maximum atomic E-state index is 13.3. The van der Waals surface area contributed by atoms with Crippen LogP contribution in [0.2, 0.25) is 5.02 Å². The van der Waals surface area contributed by atoms with Gasteiger partial charge in [0.1, 0.15) is 5.69 Å². The predicted molar refractivity (Wildman–Crippen MR) is 138 cm³/mol. The highest BCUT2D eigenvalue weighted by Gasteiger charge is 2.20. The molecule has 0 saturated carbocycles. The van der Waals surface area contributed by atoms with Crippen molar-refractivity contribution in [3.8, 4) is 0 Å². The van der Waals surface area contributed by atoms with Crippen molar-refractivity contribution < 1.29 is 14.7 Å². The number of pyridine rings is 1. The second-order valence-corrected chi connectivity index (χ2v) is 8.62. The molecule has 4 N–H and O–H groups in total. The molecule has 0 radical (unpaired) electrons. The molecular formula is C26H29ClN4O4. The van der Waals surface area contributed by atoms with Gasteiger partial charge in [0.05, 0.1) is 24.7 Å². The van der Waals surface area contributed by atoms with E-state index in [4.69, 9.17) is 11.6 Å². The molecule has 1 heterocycles. The first-order chi connectivity index (χ1) is 16.8. The number of nitrogens with zero attached hydrogens (tertiary/aromatic N) is 1. The van der Waals surface area contributed by atoms with Crippen LogP contribution in [0.5, 0.6) is 0 Å². The average Bonchev–Trinajstić information content (AvgIpc) is 2.82. The van der Waals surface area contributed by atoms with Crippen molar-refractivity contribution in [3.05, 3.63) is 92.9 Å². The van der Waals surface area contributed by atoms with Crippen molar-refractivity contribution in [2.75, 3.05) is 17.2 Å². The molecule has 0 fully saturated rings. The van der Waals surface area contributed by atoms with Crippen LogP contribution in [-0.4, -0.2) is 28.2 Å². The number of carbonyl (C=O) groups excluding carboxylic acids is 1. The van der Waals surface area contributed by atoms with Gasteiger partial charge in [-0.05, 0) is 36.6 Å². The zero-order chi connectivity index (χ0) is 25.4. The molecular weight excluding hydrogens is 468 g/mol. The predicted octanol–water partition coefficient (Wildman–Crippen LogP) is 5.02. The van der Waals surface area contributed by atoms with E-state index < -0.39 is 23.6 Å². The fourth-order valence-corrected chi connectivity index (χ4v) is 3.77. The summed E-state index contributed by atoms with van der Waals surface area (Å²) < 4.78 is 1.46. The molecule has 0 aliphatic carbocycles. The van der Waals surface area contributed by atoms with Crippen LogP contribution < -0.4 is 21.5 Å². The Morgan fingerprint density at radius 1 is 1.09 bits per heavy atom. The zero-order valence-corrected chi connectivity index (χ0v) is 20.4. The summed E-state index contributed by atoms with van der Waals surface area (Å²) in [4.78, 5) is 37.7. The van der Waals surface area contributed by atoms with Crippen LogP contribution in [-0.2, 0) is 11.3 Å². The Morgan fingerprint density at radius 3 is 2.46 bits per heavy atom. The van der Waals surface area contributed by atoms with Gasteiger partial charge in [0.15, 0.2) is 0 Å². The highest BCUT2D eigenvalue weighted by molar-refractivity contribution is 6.31. The molecule has 0 spiro atoms. The number of anilines is 2. The maximum absolute atomic E-state index is 13.3. The summed E-state index contributed by atoms with van der Waals surface area (Å²) in [6, 6.07) is 14.7. The molecule has 184 valence electrons. The minimum atomic E-state index is -1.05. The Hall–Kier alpha value is -3.78. The van der Waals surface area contributed by atoms with Crippen molar-refractivity contribution in [1.29, 1.82) is 0 Å². The molecule has 0 aliphatic rings. The van der Waals surface area contributed by atoms with Gasteiger partial charge in [0.2, 0.25) is 0 Å². The normalized spacial score (nSPS) is 11.5. The number of amides is 2. The fraction of sp³-hybridized carbons (Fsp3) is 0.269. The summed E-state index contributed by atoms with van der Waals surface area (Å²) in [6.07, 6.45) is 2.16. The molecule has 9 heteroatoms. The topological polar surface area (TPSA) is 112 Å². The number of benzene rings is 2. The lowest BCUT2D eigenvalue weighted by atomic mass is 10.0. The lowest BCUT2D eigenvalue weighted by Gasteiger charge is -2.20. The van der Waals surface area contributed by atoms with E-state index in [1.54, 1.807) is 30.5 Å². The van der Waals surface area contributed by atoms with Crippen molar-refractivity contribution in [2.24, 2.45) is 0 Å². The van der Waals surface area contributed by atoms with Gasteiger partial charge in [-0.15, -0.1) is 0 Å². The number of halogens is 1. The van der Waals surface area contributed by atoms with Crippen LogP contribution in [0, 0.1) is 6.92 Å². The summed E-state index contributed by atoms with van der Waals surface area (Å²) in [7, 11) is 0. The van der Waals surface area contributed by atoms with Crippen LogP contribution in [0.3, 0.4) is 0 Å². The van der Waals surface area contributed by atoms with E-state index in [9.17, 15) is 19.5 Å². The third-order valence-corrected chi connectivity index (χ3v) is 5.80. The van der Waals surface area contributed by atoms with Crippen molar-refractivity contribution in [2.45, 2.75) is 39.3 Å². The van der Waals surface area contributed by atoms with Crippen LogP contribution in [0.15, 0.2) is 65.6 Å². The smallest absolute Gasteiger partial charge is 0.319 e. The second-order valence-electron chi connectivity index (χ2n) is 8.22. The largest absolute Gasteiger partial charge is 0.481 e. The van der Waals surface area contributed by atoms with E-state index in [0.717, 1.165) is 17.5 Å². The van der Waals surface area contributed by atoms with Gasteiger partial charge in [-0.3, -0.25) is 9.59 Å². The van der Waals surface area contributed by atoms with Gasteiger partial charge in [-0.25, -0.2) is 4.79 Å². The number of aliphatic carboxylic acids is 1. The van der Waals surface area contributed by atoms with Crippen LogP contribution in [0.1, 0.15) is 42.5 Å². The first-order valence-corrected chi connectivity index (χ1v) is 11.7. The average molecular weight is 497 g/mol. The molecule has 3 aromatic rings. The van der Waals surface area contributed by atoms with Gasteiger partial charge in [-0.2, -0.15) is 0 Å². The fourth-order valence-electron chi connectivity index (χ4n) is 3.57. The number of aromatic nitrogens is 1. The number of nitrogens with one attached hydrogen (secondary N) is 3. The molecule has 0 bridgehead atoms. The molecule has 0 aliphatic heterocycles. The minimum absolute atomic E-state index is 0.0727.